The number of para-hydroxylation sites is 1. The average Bonchev–Trinajstić information content (AvgIpc) is 3.61. The van der Waals surface area contributed by atoms with E-state index in [1.165, 1.54) is 22.0 Å². The number of pyridine rings is 5. The number of aryl methyl sites for hydroxylation is 2. The van der Waals surface area contributed by atoms with Crippen LogP contribution in [0.3, 0.4) is 0 Å². The van der Waals surface area contributed by atoms with Gasteiger partial charge in [-0.25, -0.2) is 15.0 Å². The molecule has 1 aliphatic rings. The van der Waals surface area contributed by atoms with Gasteiger partial charge in [-0.05, 0) is 91.6 Å². The lowest BCUT2D eigenvalue weighted by Gasteiger charge is -2.13. The lowest BCUT2D eigenvalue weighted by molar-refractivity contribution is 0.951. The maximum atomic E-state index is 5.15. The molecule has 9 rings (SSSR count). The first-order valence-electron chi connectivity index (χ1n) is 15.1. The van der Waals surface area contributed by atoms with Crippen LogP contribution in [-0.2, 0) is 6.42 Å². The van der Waals surface area contributed by atoms with Gasteiger partial charge in [0.15, 0.2) is 0 Å². The van der Waals surface area contributed by atoms with Gasteiger partial charge in [-0.3, -0.25) is 19.1 Å². The zero-order chi connectivity index (χ0) is 29.9. The van der Waals surface area contributed by atoms with E-state index in [9.17, 15) is 0 Å². The molecule has 0 saturated carbocycles. The third-order valence-electron chi connectivity index (χ3n) is 8.65. The number of rotatable bonds is 4. The Bertz CT molecular complexity index is 2410. The van der Waals surface area contributed by atoms with Crippen LogP contribution in [0.2, 0.25) is 0 Å². The van der Waals surface area contributed by atoms with Gasteiger partial charge in [-0.1, -0.05) is 36.4 Å². The van der Waals surface area contributed by atoms with Crippen LogP contribution in [0, 0.1) is 6.92 Å². The molecule has 0 N–H and O–H groups in total. The Kier molecular flexibility index (Phi) is 5.71. The van der Waals surface area contributed by atoms with Crippen LogP contribution in [0.5, 0.6) is 0 Å². The molecule has 7 aromatic heterocycles. The zero-order valence-electron chi connectivity index (χ0n) is 24.6. The molecule has 0 atom stereocenters. The highest BCUT2D eigenvalue weighted by Crippen LogP contribution is 2.34. The summed E-state index contributed by atoms with van der Waals surface area (Å²) in [5.41, 5.74) is 10.0. The van der Waals surface area contributed by atoms with Crippen molar-refractivity contribution in [3.05, 3.63) is 133 Å². The number of hydrogen-bond donors (Lipinski definition) is 0. The molecule has 214 valence electrons. The minimum Gasteiger partial charge on any atom is -0.293 e. The molecule has 0 bridgehead atoms. The van der Waals surface area contributed by atoms with Crippen LogP contribution in [0.15, 0.2) is 116 Å². The van der Waals surface area contributed by atoms with Crippen LogP contribution in [-0.4, -0.2) is 34.1 Å². The summed E-state index contributed by atoms with van der Waals surface area (Å²) in [6.07, 6.45) is 14.1. The Morgan fingerprint density at radius 1 is 0.578 bits per heavy atom. The summed E-state index contributed by atoms with van der Waals surface area (Å²) in [4.78, 5) is 24.3. The predicted octanol–water partition coefficient (Wildman–Crippen LogP) is 8.30. The molecule has 0 amide bonds. The van der Waals surface area contributed by atoms with E-state index in [2.05, 4.69) is 98.8 Å². The first-order chi connectivity index (χ1) is 22.2. The molecule has 1 aliphatic carbocycles. The number of hydrogen-bond acceptors (Lipinski definition) is 5. The minimum absolute atomic E-state index is 0.796. The summed E-state index contributed by atoms with van der Waals surface area (Å²) < 4.78 is 4.40. The fourth-order valence-corrected chi connectivity index (χ4v) is 6.71. The van der Waals surface area contributed by atoms with E-state index >= 15 is 0 Å². The molecule has 0 saturated heterocycles. The molecule has 8 aromatic rings. The van der Waals surface area contributed by atoms with Gasteiger partial charge >= 0.3 is 0 Å². The summed E-state index contributed by atoms with van der Waals surface area (Å²) in [7, 11) is 0. The van der Waals surface area contributed by atoms with Crippen molar-refractivity contribution in [1.29, 1.82) is 0 Å². The van der Waals surface area contributed by atoms with Crippen molar-refractivity contribution in [3.8, 4) is 34.4 Å². The van der Waals surface area contributed by atoms with Gasteiger partial charge in [0.1, 0.15) is 11.6 Å². The molecule has 0 spiro atoms. The highest BCUT2D eigenvalue weighted by molar-refractivity contribution is 6.08. The second-order valence-corrected chi connectivity index (χ2v) is 11.5. The van der Waals surface area contributed by atoms with E-state index in [-0.39, 0.29) is 0 Å². The molecule has 0 fully saturated rings. The summed E-state index contributed by atoms with van der Waals surface area (Å²) in [6, 6.07) is 29.0. The van der Waals surface area contributed by atoms with Crippen molar-refractivity contribution in [2.45, 2.75) is 19.8 Å². The third-order valence-corrected chi connectivity index (χ3v) is 8.65. The highest BCUT2D eigenvalue weighted by Gasteiger charge is 2.20. The number of allylic oxidation sites excluding steroid dienone is 1. The fraction of sp³-hybridized carbons (Fsp3) is 0.0789. The largest absolute Gasteiger partial charge is 0.293 e. The van der Waals surface area contributed by atoms with E-state index in [4.69, 9.17) is 15.0 Å². The van der Waals surface area contributed by atoms with Crippen molar-refractivity contribution < 1.29 is 0 Å². The molecule has 7 heteroatoms. The Labute approximate surface area is 259 Å². The lowest BCUT2D eigenvalue weighted by atomic mass is 10.0. The molecule has 1 aromatic carbocycles. The molecular weight excluding hydrogens is 554 g/mol. The van der Waals surface area contributed by atoms with Gasteiger partial charge < -0.3 is 0 Å². The number of aromatic nitrogens is 7. The van der Waals surface area contributed by atoms with Crippen molar-refractivity contribution in [3.63, 3.8) is 0 Å². The van der Waals surface area contributed by atoms with E-state index in [1.807, 2.05) is 49.1 Å². The fourth-order valence-electron chi connectivity index (χ4n) is 6.71. The van der Waals surface area contributed by atoms with Gasteiger partial charge in [0.25, 0.3) is 0 Å². The van der Waals surface area contributed by atoms with Crippen LogP contribution in [0.25, 0.3) is 73.2 Å². The molecule has 7 heterocycles. The molecule has 45 heavy (non-hydrogen) atoms. The van der Waals surface area contributed by atoms with Crippen molar-refractivity contribution in [2.24, 2.45) is 0 Å². The number of benzene rings is 1. The highest BCUT2D eigenvalue weighted by atomic mass is 15.1. The monoisotopic (exact) mass is 581 g/mol. The Balaban J connectivity index is 1.16. The van der Waals surface area contributed by atoms with E-state index in [1.54, 1.807) is 0 Å². The van der Waals surface area contributed by atoms with Gasteiger partial charge in [-0.15, -0.1) is 0 Å². The Hall–Kier alpha value is -5.95. The van der Waals surface area contributed by atoms with E-state index in [0.717, 1.165) is 74.8 Å². The third kappa shape index (κ3) is 4.08. The topological polar surface area (TPSA) is 74.3 Å². The van der Waals surface area contributed by atoms with Crippen LogP contribution < -0.4 is 0 Å². The smallest absolute Gasteiger partial charge is 0.138 e. The molecule has 0 unspecified atom stereocenters. The molecular formula is C38H27N7. The SMILES string of the molecule is Cc1cc(-c2cccc(-n3c4c(c5ccncc53)CCC=C4)n2)nc(-c2cccc(-n3c4ccccc4c4ccncc43)n2)c1. The summed E-state index contributed by atoms with van der Waals surface area (Å²) >= 11 is 0. The van der Waals surface area contributed by atoms with E-state index < -0.39 is 0 Å². The van der Waals surface area contributed by atoms with E-state index in [0.29, 0.717) is 0 Å². The molecule has 0 radical (unpaired) electrons. The van der Waals surface area contributed by atoms with Gasteiger partial charge in [0.05, 0.1) is 57.4 Å². The van der Waals surface area contributed by atoms with Gasteiger partial charge in [0.2, 0.25) is 0 Å². The quantitative estimate of drug-likeness (QED) is 0.209. The first-order valence-corrected chi connectivity index (χ1v) is 15.1. The summed E-state index contributed by atoms with van der Waals surface area (Å²) in [6.45, 7) is 2.09. The number of nitrogens with zero attached hydrogens (tertiary/aromatic N) is 7. The maximum Gasteiger partial charge on any atom is 0.138 e. The van der Waals surface area contributed by atoms with Crippen LogP contribution in [0.4, 0.5) is 0 Å². The van der Waals surface area contributed by atoms with Gasteiger partial charge in [0, 0.05) is 28.6 Å². The second kappa shape index (κ2) is 10.1. The summed E-state index contributed by atoms with van der Waals surface area (Å²) in [5.74, 6) is 1.67. The average molecular weight is 582 g/mol. The second-order valence-electron chi connectivity index (χ2n) is 11.5. The maximum absolute atomic E-state index is 5.15. The van der Waals surface area contributed by atoms with Crippen LogP contribution in [0.1, 0.15) is 23.2 Å². The lowest BCUT2D eigenvalue weighted by Crippen LogP contribution is -2.04. The van der Waals surface area contributed by atoms with Crippen LogP contribution >= 0.6 is 0 Å². The molecule has 7 nitrogen and oxygen atoms in total. The van der Waals surface area contributed by atoms with Gasteiger partial charge in [-0.2, -0.15) is 0 Å². The minimum atomic E-state index is 0.796. The number of fused-ring (bicyclic) bond motifs is 6. The van der Waals surface area contributed by atoms with Crippen molar-refractivity contribution in [2.75, 3.05) is 0 Å². The molecule has 0 aliphatic heterocycles. The Morgan fingerprint density at radius 2 is 1.22 bits per heavy atom. The zero-order valence-corrected chi connectivity index (χ0v) is 24.6. The standard InChI is InChI=1S/C38H27N7/c1-24-20-31(29-10-6-14-37(42-29)44-33-12-4-2-8-25(33)27-16-18-39-22-35(27)44)41-32(21-24)30-11-7-15-38(43-30)45-34-13-5-3-9-26(34)28-17-19-40-23-36(28)45/h2,4-8,10-23H,3,9H2,1H3. The summed E-state index contributed by atoms with van der Waals surface area (Å²) in [5, 5.41) is 3.56. The Morgan fingerprint density at radius 3 is 1.98 bits per heavy atom. The normalized spacial score (nSPS) is 12.7. The van der Waals surface area contributed by atoms with Crippen molar-refractivity contribution in [1.82, 2.24) is 34.1 Å². The predicted molar refractivity (Wildman–Crippen MR) is 180 cm³/mol. The van der Waals surface area contributed by atoms with Crippen molar-refractivity contribution >= 4 is 38.8 Å². The first kappa shape index (κ1) is 25.5.